The van der Waals surface area contributed by atoms with Crippen LogP contribution < -0.4 is 10.6 Å². The first-order chi connectivity index (χ1) is 12.1. The van der Waals surface area contributed by atoms with E-state index in [0.717, 1.165) is 42.0 Å². The normalized spacial score (nSPS) is 11.2. The lowest BCUT2D eigenvalue weighted by atomic mass is 10.1. The van der Waals surface area contributed by atoms with Crippen LogP contribution in [0.1, 0.15) is 48.9 Å². The van der Waals surface area contributed by atoms with Crippen LogP contribution in [-0.4, -0.2) is 17.7 Å². The van der Waals surface area contributed by atoms with Crippen LogP contribution in [0.3, 0.4) is 0 Å². The van der Waals surface area contributed by atoms with E-state index in [0.29, 0.717) is 24.6 Å². The molecular formula is C19H28FIN4O. The fraction of sp³-hybridized carbons (Fsp3) is 0.474. The van der Waals surface area contributed by atoms with Crippen LogP contribution in [0.15, 0.2) is 27.7 Å². The molecule has 0 unspecified atom stereocenters. The molecule has 1 aromatic heterocycles. The van der Waals surface area contributed by atoms with Crippen molar-refractivity contribution in [1.29, 1.82) is 0 Å². The minimum absolute atomic E-state index is 0. The Balaban J connectivity index is 0.00000338. The van der Waals surface area contributed by atoms with E-state index in [1.54, 1.807) is 13.0 Å². The molecule has 0 amide bonds. The largest absolute Gasteiger partial charge is 0.361 e. The lowest BCUT2D eigenvalue weighted by Gasteiger charge is -2.12. The monoisotopic (exact) mass is 474 g/mol. The molecule has 1 heterocycles. The third kappa shape index (κ3) is 5.96. The van der Waals surface area contributed by atoms with Gasteiger partial charge in [-0.15, -0.1) is 24.0 Å². The molecule has 0 saturated heterocycles. The van der Waals surface area contributed by atoms with Crippen molar-refractivity contribution < 1.29 is 8.91 Å². The number of nitrogens with zero attached hydrogens (tertiary/aromatic N) is 2. The SMILES string of the molecule is CCNC(=NCc1ccc(C)c(F)c1)NCc1c(CC)noc1CC.I. The Morgan fingerprint density at radius 3 is 2.58 bits per heavy atom. The van der Waals surface area contributed by atoms with Crippen molar-refractivity contribution >= 4 is 29.9 Å². The van der Waals surface area contributed by atoms with Gasteiger partial charge in [-0.05, 0) is 37.5 Å². The topological polar surface area (TPSA) is 62.5 Å². The standard InChI is InChI=1S/C19H27FN4O.HI/c1-5-17-15(18(6-2)25-24-17)12-23-19(21-7-3)22-11-14-9-8-13(4)16(20)10-14;/h8-10H,5-7,11-12H2,1-4H3,(H2,21,22,23);1H. The highest BCUT2D eigenvalue weighted by atomic mass is 127. The minimum atomic E-state index is -0.199. The first-order valence-electron chi connectivity index (χ1n) is 8.82. The number of aromatic nitrogens is 1. The Morgan fingerprint density at radius 1 is 1.19 bits per heavy atom. The van der Waals surface area contributed by atoms with E-state index in [9.17, 15) is 4.39 Å². The van der Waals surface area contributed by atoms with Gasteiger partial charge in [0, 0.05) is 25.1 Å². The Bertz CT molecular complexity index is 709. The second-order valence-electron chi connectivity index (χ2n) is 5.87. The van der Waals surface area contributed by atoms with Gasteiger partial charge in [0.1, 0.15) is 11.6 Å². The predicted octanol–water partition coefficient (Wildman–Crippen LogP) is 4.12. The quantitative estimate of drug-likeness (QED) is 0.360. The van der Waals surface area contributed by atoms with Gasteiger partial charge in [-0.3, -0.25) is 0 Å². The number of guanidine groups is 1. The summed E-state index contributed by atoms with van der Waals surface area (Å²) < 4.78 is 19.0. The van der Waals surface area contributed by atoms with Gasteiger partial charge in [0.05, 0.1) is 12.2 Å². The van der Waals surface area contributed by atoms with Crippen LogP contribution in [0.4, 0.5) is 4.39 Å². The zero-order valence-electron chi connectivity index (χ0n) is 15.9. The van der Waals surface area contributed by atoms with Gasteiger partial charge in [-0.25, -0.2) is 9.38 Å². The summed E-state index contributed by atoms with van der Waals surface area (Å²) in [4.78, 5) is 4.54. The average Bonchev–Trinajstić information content (AvgIpc) is 3.02. The van der Waals surface area contributed by atoms with Crippen LogP contribution in [0.2, 0.25) is 0 Å². The smallest absolute Gasteiger partial charge is 0.191 e. The highest BCUT2D eigenvalue weighted by Crippen LogP contribution is 2.15. The van der Waals surface area contributed by atoms with Crippen molar-refractivity contribution in [2.75, 3.05) is 6.54 Å². The molecule has 0 aliphatic heterocycles. The number of hydrogen-bond donors (Lipinski definition) is 2. The number of aliphatic imine (C=N–C) groups is 1. The molecule has 0 radical (unpaired) electrons. The Hall–Kier alpha value is -1.64. The minimum Gasteiger partial charge on any atom is -0.361 e. The maximum absolute atomic E-state index is 13.7. The van der Waals surface area contributed by atoms with Crippen molar-refractivity contribution in [1.82, 2.24) is 15.8 Å². The summed E-state index contributed by atoms with van der Waals surface area (Å²) in [6, 6.07) is 5.21. The molecule has 2 aromatic rings. The molecule has 0 saturated carbocycles. The van der Waals surface area contributed by atoms with Gasteiger partial charge >= 0.3 is 0 Å². The molecule has 144 valence electrons. The van der Waals surface area contributed by atoms with Gasteiger partial charge in [0.15, 0.2) is 5.96 Å². The van der Waals surface area contributed by atoms with Crippen molar-refractivity contribution in [3.05, 3.63) is 52.2 Å². The molecule has 0 atom stereocenters. The summed E-state index contributed by atoms with van der Waals surface area (Å²) in [5.74, 6) is 1.39. The molecule has 7 heteroatoms. The van der Waals surface area contributed by atoms with Crippen molar-refractivity contribution in [3.8, 4) is 0 Å². The first kappa shape index (κ1) is 22.4. The molecule has 0 aliphatic carbocycles. The van der Waals surface area contributed by atoms with Gasteiger partial charge in [-0.2, -0.15) is 0 Å². The van der Waals surface area contributed by atoms with E-state index in [1.165, 1.54) is 6.07 Å². The number of halogens is 2. The molecule has 5 nitrogen and oxygen atoms in total. The summed E-state index contributed by atoms with van der Waals surface area (Å²) in [6.07, 6.45) is 1.64. The van der Waals surface area contributed by atoms with E-state index in [1.807, 2.05) is 13.0 Å². The van der Waals surface area contributed by atoms with E-state index in [-0.39, 0.29) is 29.8 Å². The summed E-state index contributed by atoms with van der Waals surface area (Å²) >= 11 is 0. The first-order valence-corrected chi connectivity index (χ1v) is 8.82. The van der Waals surface area contributed by atoms with Gasteiger partial charge in [0.25, 0.3) is 0 Å². The third-order valence-electron chi connectivity index (χ3n) is 4.04. The third-order valence-corrected chi connectivity index (χ3v) is 4.04. The van der Waals surface area contributed by atoms with E-state index in [2.05, 4.69) is 34.6 Å². The van der Waals surface area contributed by atoms with Crippen LogP contribution in [-0.2, 0) is 25.9 Å². The second-order valence-corrected chi connectivity index (χ2v) is 5.87. The summed E-state index contributed by atoms with van der Waals surface area (Å²) in [5.41, 5.74) is 3.55. The summed E-state index contributed by atoms with van der Waals surface area (Å²) in [6.45, 7) is 9.64. The number of hydrogen-bond acceptors (Lipinski definition) is 3. The molecule has 0 spiro atoms. The molecule has 1 aromatic carbocycles. The molecule has 0 fully saturated rings. The highest BCUT2D eigenvalue weighted by Gasteiger charge is 2.13. The molecule has 26 heavy (non-hydrogen) atoms. The number of nitrogens with one attached hydrogen (secondary N) is 2. The second kappa shape index (κ2) is 11.2. The fourth-order valence-corrected chi connectivity index (χ4v) is 2.56. The summed E-state index contributed by atoms with van der Waals surface area (Å²) in [5, 5.41) is 10.6. The highest BCUT2D eigenvalue weighted by molar-refractivity contribution is 14.0. The molecule has 2 rings (SSSR count). The van der Waals surface area contributed by atoms with E-state index < -0.39 is 0 Å². The van der Waals surface area contributed by atoms with Gasteiger partial charge in [-0.1, -0.05) is 31.1 Å². The lowest BCUT2D eigenvalue weighted by molar-refractivity contribution is 0.380. The van der Waals surface area contributed by atoms with Crippen LogP contribution in [0.5, 0.6) is 0 Å². The molecule has 0 aliphatic rings. The van der Waals surface area contributed by atoms with Crippen molar-refractivity contribution in [2.24, 2.45) is 4.99 Å². The number of rotatable bonds is 7. The van der Waals surface area contributed by atoms with E-state index in [4.69, 9.17) is 4.52 Å². The lowest BCUT2D eigenvalue weighted by Crippen LogP contribution is -2.37. The molecular weight excluding hydrogens is 446 g/mol. The van der Waals surface area contributed by atoms with Crippen molar-refractivity contribution in [2.45, 2.75) is 53.6 Å². The Labute approximate surface area is 171 Å². The summed E-state index contributed by atoms with van der Waals surface area (Å²) in [7, 11) is 0. The fourth-order valence-electron chi connectivity index (χ4n) is 2.56. The van der Waals surface area contributed by atoms with E-state index >= 15 is 0 Å². The van der Waals surface area contributed by atoms with Gasteiger partial charge < -0.3 is 15.2 Å². The van der Waals surface area contributed by atoms with Crippen LogP contribution >= 0.6 is 24.0 Å². The molecule has 0 bridgehead atoms. The Morgan fingerprint density at radius 2 is 1.96 bits per heavy atom. The Kier molecular flexibility index (Phi) is 9.61. The van der Waals surface area contributed by atoms with Gasteiger partial charge in [0.2, 0.25) is 0 Å². The maximum Gasteiger partial charge on any atom is 0.191 e. The zero-order chi connectivity index (χ0) is 18.2. The zero-order valence-corrected chi connectivity index (χ0v) is 18.2. The van der Waals surface area contributed by atoms with Crippen LogP contribution in [0, 0.1) is 12.7 Å². The average molecular weight is 474 g/mol. The van der Waals surface area contributed by atoms with Crippen molar-refractivity contribution in [3.63, 3.8) is 0 Å². The predicted molar refractivity (Wildman–Crippen MR) is 113 cm³/mol. The molecule has 2 N–H and O–H groups in total. The number of benzene rings is 1. The maximum atomic E-state index is 13.7. The van der Waals surface area contributed by atoms with Crippen LogP contribution in [0.25, 0.3) is 0 Å². The number of aryl methyl sites for hydroxylation is 3.